The van der Waals surface area contributed by atoms with Crippen molar-refractivity contribution in [3.8, 4) is 0 Å². The maximum atomic E-state index is 12.8. The molecule has 7 heteroatoms. The fraction of sp³-hybridized carbons (Fsp3) is 0.296. The third-order valence-electron chi connectivity index (χ3n) is 6.02. The Morgan fingerprint density at radius 2 is 1.65 bits per heavy atom. The zero-order valence-corrected chi connectivity index (χ0v) is 20.0. The van der Waals surface area contributed by atoms with Gasteiger partial charge in [0, 0.05) is 40.3 Å². The van der Waals surface area contributed by atoms with Gasteiger partial charge in [-0.15, -0.1) is 0 Å². The number of aromatic nitrogens is 4. The van der Waals surface area contributed by atoms with Crippen LogP contribution in [-0.2, 0) is 27.2 Å². The van der Waals surface area contributed by atoms with E-state index in [1.54, 1.807) is 13.4 Å². The summed E-state index contributed by atoms with van der Waals surface area (Å²) in [6.07, 6.45) is 6.01. The summed E-state index contributed by atoms with van der Waals surface area (Å²) >= 11 is 0. The minimum Gasteiger partial charge on any atom is -0.324 e. The molecule has 4 aromatic rings. The van der Waals surface area contributed by atoms with Crippen LogP contribution in [0.3, 0.4) is 0 Å². The van der Waals surface area contributed by atoms with E-state index in [1.807, 2.05) is 28.8 Å². The van der Waals surface area contributed by atoms with Crippen molar-refractivity contribution in [1.82, 2.24) is 23.6 Å². The number of nitrogens with zero attached hydrogens (tertiary/aromatic N) is 5. The normalized spacial score (nSPS) is 12.7. The van der Waals surface area contributed by atoms with E-state index in [9.17, 15) is 9.59 Å². The van der Waals surface area contributed by atoms with E-state index in [1.165, 1.54) is 22.7 Å². The molecule has 0 saturated heterocycles. The highest BCUT2D eigenvalue weighted by molar-refractivity contribution is 5.69. The van der Waals surface area contributed by atoms with E-state index in [2.05, 4.69) is 65.4 Å². The summed E-state index contributed by atoms with van der Waals surface area (Å²) in [5.74, 6) is 0.258. The van der Waals surface area contributed by atoms with Gasteiger partial charge in [0.05, 0.1) is 6.33 Å². The smallest absolute Gasteiger partial charge is 0.324 e. The molecule has 2 aromatic carbocycles. The van der Waals surface area contributed by atoms with Crippen molar-refractivity contribution in [3.63, 3.8) is 0 Å². The van der Waals surface area contributed by atoms with Crippen LogP contribution in [-0.4, -0.2) is 36.7 Å². The van der Waals surface area contributed by atoms with E-state index in [-0.39, 0.29) is 17.2 Å². The van der Waals surface area contributed by atoms with Crippen LogP contribution in [0.2, 0.25) is 0 Å². The molecule has 0 spiro atoms. The average molecular weight is 458 g/mol. The van der Waals surface area contributed by atoms with Crippen LogP contribution < -0.4 is 11.2 Å². The maximum absolute atomic E-state index is 12.8. The van der Waals surface area contributed by atoms with E-state index in [0.29, 0.717) is 17.7 Å². The highest BCUT2D eigenvalue weighted by Crippen LogP contribution is 2.13. The Balaban J connectivity index is 1.52. The van der Waals surface area contributed by atoms with Crippen molar-refractivity contribution in [1.29, 1.82) is 0 Å². The van der Waals surface area contributed by atoms with Crippen molar-refractivity contribution in [2.45, 2.75) is 20.0 Å². The molecule has 176 valence electrons. The lowest BCUT2D eigenvalue weighted by molar-refractivity contribution is 0.241. The van der Waals surface area contributed by atoms with Gasteiger partial charge in [-0.1, -0.05) is 79.7 Å². The fourth-order valence-electron chi connectivity index (χ4n) is 4.32. The van der Waals surface area contributed by atoms with E-state index in [4.69, 9.17) is 0 Å². The second kappa shape index (κ2) is 10.5. The zero-order chi connectivity index (χ0) is 24.1. The van der Waals surface area contributed by atoms with Crippen molar-refractivity contribution in [3.05, 3.63) is 105 Å². The third kappa shape index (κ3) is 5.26. The summed E-state index contributed by atoms with van der Waals surface area (Å²) in [7, 11) is 3.15. The molecule has 2 heterocycles. The highest BCUT2D eigenvalue weighted by Gasteiger charge is 2.17. The SMILES string of the molecule is CC(CN(C/C=C/c1ccccc1)Cc1ccccc1)Cn1cnc2c1c(=O)n(C)c(=O)n2C. The predicted molar refractivity (Wildman–Crippen MR) is 137 cm³/mol. The Bertz CT molecular complexity index is 1380. The van der Waals surface area contributed by atoms with Gasteiger partial charge >= 0.3 is 5.69 Å². The van der Waals surface area contributed by atoms with Gasteiger partial charge in [0.2, 0.25) is 0 Å². The molecule has 2 aromatic heterocycles. The molecule has 0 bridgehead atoms. The molecule has 1 unspecified atom stereocenters. The molecule has 0 aliphatic rings. The van der Waals surface area contributed by atoms with Crippen LogP contribution in [0.15, 0.2) is 82.7 Å². The lowest BCUT2D eigenvalue weighted by atomic mass is 10.1. The van der Waals surface area contributed by atoms with Gasteiger partial charge in [-0.3, -0.25) is 18.8 Å². The largest absolute Gasteiger partial charge is 0.332 e. The first-order chi connectivity index (χ1) is 16.4. The summed E-state index contributed by atoms with van der Waals surface area (Å²) in [6, 6.07) is 20.7. The molecule has 0 fully saturated rings. The predicted octanol–water partition coefficient (Wildman–Crippen LogP) is 3.29. The summed E-state index contributed by atoms with van der Waals surface area (Å²) in [5.41, 5.74) is 2.66. The lowest BCUT2D eigenvalue weighted by Crippen LogP contribution is -2.38. The van der Waals surface area contributed by atoms with Gasteiger partial charge < -0.3 is 4.57 Å². The second-order valence-corrected chi connectivity index (χ2v) is 8.87. The first-order valence-electron chi connectivity index (χ1n) is 11.5. The molecule has 0 aliphatic heterocycles. The number of rotatable bonds is 9. The molecule has 0 aliphatic carbocycles. The van der Waals surface area contributed by atoms with Crippen LogP contribution in [0, 0.1) is 5.92 Å². The first kappa shape index (κ1) is 23.4. The van der Waals surface area contributed by atoms with Gasteiger partial charge in [-0.2, -0.15) is 0 Å². The van der Waals surface area contributed by atoms with Crippen molar-refractivity contribution in [2.75, 3.05) is 13.1 Å². The second-order valence-electron chi connectivity index (χ2n) is 8.87. The third-order valence-corrected chi connectivity index (χ3v) is 6.02. The summed E-state index contributed by atoms with van der Waals surface area (Å²) < 4.78 is 4.44. The minimum absolute atomic E-state index is 0.258. The Hall–Kier alpha value is -3.71. The molecule has 4 rings (SSSR count). The molecule has 0 N–H and O–H groups in total. The first-order valence-corrected chi connectivity index (χ1v) is 11.5. The Kier molecular flexibility index (Phi) is 7.23. The average Bonchev–Trinajstić information content (AvgIpc) is 3.26. The molecule has 1 atom stereocenters. The Labute approximate surface area is 199 Å². The van der Waals surface area contributed by atoms with Crippen LogP contribution in [0.4, 0.5) is 0 Å². The summed E-state index contributed by atoms with van der Waals surface area (Å²) in [6.45, 7) is 5.31. The number of imidazole rings is 1. The summed E-state index contributed by atoms with van der Waals surface area (Å²) in [4.78, 5) is 31.8. The molecular weight excluding hydrogens is 426 g/mol. The fourth-order valence-corrected chi connectivity index (χ4v) is 4.32. The number of hydrogen-bond acceptors (Lipinski definition) is 4. The maximum Gasteiger partial charge on any atom is 0.332 e. The Morgan fingerprint density at radius 3 is 2.35 bits per heavy atom. The molecule has 0 saturated carbocycles. The van der Waals surface area contributed by atoms with Crippen LogP contribution >= 0.6 is 0 Å². The molecule has 0 amide bonds. The topological polar surface area (TPSA) is 65.1 Å². The standard InChI is InChI=1S/C27H31N5O2/c1-21(18-32-20-28-25-24(32)26(33)30(3)27(34)29(25)2)17-31(19-23-13-8-5-9-14-23)16-10-15-22-11-6-4-7-12-22/h4-15,20-21H,16-19H2,1-3H3/b15-10+. The lowest BCUT2D eigenvalue weighted by Gasteiger charge is -2.25. The number of benzene rings is 2. The molecule has 7 nitrogen and oxygen atoms in total. The van der Waals surface area contributed by atoms with Gasteiger partial charge in [0.1, 0.15) is 0 Å². The Morgan fingerprint density at radius 1 is 0.971 bits per heavy atom. The summed E-state index contributed by atoms with van der Waals surface area (Å²) in [5, 5.41) is 0. The number of fused-ring (bicyclic) bond motifs is 1. The van der Waals surface area contributed by atoms with Crippen molar-refractivity contribution in [2.24, 2.45) is 20.0 Å². The van der Waals surface area contributed by atoms with Gasteiger partial charge in [-0.05, 0) is 17.0 Å². The number of hydrogen-bond donors (Lipinski definition) is 0. The zero-order valence-electron chi connectivity index (χ0n) is 20.0. The van der Waals surface area contributed by atoms with Crippen LogP contribution in [0.1, 0.15) is 18.1 Å². The van der Waals surface area contributed by atoms with E-state index >= 15 is 0 Å². The highest BCUT2D eigenvalue weighted by atomic mass is 16.2. The monoisotopic (exact) mass is 457 g/mol. The minimum atomic E-state index is -0.366. The van der Waals surface area contributed by atoms with Crippen LogP contribution in [0.25, 0.3) is 17.2 Å². The van der Waals surface area contributed by atoms with Gasteiger partial charge in [-0.25, -0.2) is 9.78 Å². The van der Waals surface area contributed by atoms with Crippen LogP contribution in [0.5, 0.6) is 0 Å². The van der Waals surface area contributed by atoms with Crippen molar-refractivity contribution < 1.29 is 0 Å². The quantitative estimate of drug-likeness (QED) is 0.387. The van der Waals surface area contributed by atoms with Gasteiger partial charge in [0.15, 0.2) is 11.2 Å². The van der Waals surface area contributed by atoms with Crippen molar-refractivity contribution >= 4 is 17.2 Å². The van der Waals surface area contributed by atoms with E-state index < -0.39 is 0 Å². The number of aryl methyl sites for hydroxylation is 1. The molecular formula is C27H31N5O2. The van der Waals surface area contributed by atoms with E-state index in [0.717, 1.165) is 24.2 Å². The molecule has 34 heavy (non-hydrogen) atoms. The molecule has 0 radical (unpaired) electrons. The van der Waals surface area contributed by atoms with Gasteiger partial charge in [0.25, 0.3) is 5.56 Å².